The van der Waals surface area contributed by atoms with Gasteiger partial charge in [0.2, 0.25) is 0 Å². The zero-order chi connectivity index (χ0) is 9.14. The number of rotatable bonds is 2. The quantitative estimate of drug-likeness (QED) is 0.721. The van der Waals surface area contributed by atoms with Crippen molar-refractivity contribution in [3.8, 4) is 0 Å². The molecular formula is C9H9Br2F. The van der Waals surface area contributed by atoms with Crippen molar-refractivity contribution in [2.45, 2.75) is 12.8 Å². The Morgan fingerprint density at radius 1 is 1.50 bits per heavy atom. The molecule has 0 bridgehead atoms. The van der Waals surface area contributed by atoms with E-state index < -0.39 is 0 Å². The van der Waals surface area contributed by atoms with Crippen molar-refractivity contribution in [3.63, 3.8) is 0 Å². The summed E-state index contributed by atoms with van der Waals surface area (Å²) in [6.07, 6.45) is 0. The van der Waals surface area contributed by atoms with Gasteiger partial charge in [0.1, 0.15) is 5.82 Å². The van der Waals surface area contributed by atoms with Crippen molar-refractivity contribution >= 4 is 31.9 Å². The third-order valence-corrected chi connectivity index (χ3v) is 3.18. The van der Waals surface area contributed by atoms with Crippen LogP contribution in [-0.2, 0) is 0 Å². The Morgan fingerprint density at radius 3 is 2.75 bits per heavy atom. The maximum atomic E-state index is 13.2. The first-order chi connectivity index (χ1) is 5.65. The van der Waals surface area contributed by atoms with Gasteiger partial charge in [-0.3, -0.25) is 0 Å². The van der Waals surface area contributed by atoms with E-state index in [0.29, 0.717) is 0 Å². The Kier molecular flexibility index (Phi) is 3.72. The Balaban J connectivity index is 3.04. The summed E-state index contributed by atoms with van der Waals surface area (Å²) in [7, 11) is 0. The molecule has 0 saturated carbocycles. The summed E-state index contributed by atoms with van der Waals surface area (Å²) in [4.78, 5) is 0. The second-order valence-electron chi connectivity index (χ2n) is 2.72. The lowest BCUT2D eigenvalue weighted by atomic mass is 10.0. The fourth-order valence-electron chi connectivity index (χ4n) is 0.975. The number of halogens is 3. The second-order valence-corrected chi connectivity index (χ2v) is 4.28. The van der Waals surface area contributed by atoms with Gasteiger partial charge in [-0.2, -0.15) is 0 Å². The van der Waals surface area contributed by atoms with Crippen LogP contribution in [0.2, 0.25) is 0 Å². The van der Waals surface area contributed by atoms with E-state index >= 15 is 0 Å². The van der Waals surface area contributed by atoms with Crippen LogP contribution in [-0.4, -0.2) is 5.33 Å². The average molecular weight is 296 g/mol. The number of hydrogen-bond donors (Lipinski definition) is 0. The van der Waals surface area contributed by atoms with Crippen molar-refractivity contribution in [2.24, 2.45) is 0 Å². The molecule has 66 valence electrons. The van der Waals surface area contributed by atoms with Crippen LogP contribution in [0.5, 0.6) is 0 Å². The van der Waals surface area contributed by atoms with Crippen LogP contribution in [0, 0.1) is 5.82 Å². The summed E-state index contributed by atoms with van der Waals surface area (Å²) in [6.45, 7) is 1.99. The molecule has 0 fully saturated rings. The second kappa shape index (κ2) is 4.38. The lowest BCUT2D eigenvalue weighted by Crippen LogP contribution is -1.97. The van der Waals surface area contributed by atoms with Crippen LogP contribution < -0.4 is 0 Å². The zero-order valence-electron chi connectivity index (χ0n) is 6.65. The predicted octanol–water partition coefficient (Wildman–Crippen LogP) is 4.09. The highest BCUT2D eigenvalue weighted by atomic mass is 79.9. The van der Waals surface area contributed by atoms with Gasteiger partial charge < -0.3 is 0 Å². The molecule has 0 aliphatic rings. The Labute approximate surface area is 88.4 Å². The summed E-state index contributed by atoms with van der Waals surface area (Å²) in [5.41, 5.74) is 0.751. The molecule has 1 rings (SSSR count). The molecule has 0 N–H and O–H groups in total. The van der Waals surface area contributed by atoms with Crippen molar-refractivity contribution < 1.29 is 4.39 Å². The monoisotopic (exact) mass is 294 g/mol. The van der Waals surface area contributed by atoms with Gasteiger partial charge in [-0.15, -0.1) is 0 Å². The Hall–Kier alpha value is 0.110. The molecule has 0 aliphatic carbocycles. The van der Waals surface area contributed by atoms with Gasteiger partial charge >= 0.3 is 0 Å². The molecule has 12 heavy (non-hydrogen) atoms. The molecule has 0 aromatic heterocycles. The lowest BCUT2D eigenvalue weighted by molar-refractivity contribution is 0.599. The van der Waals surface area contributed by atoms with E-state index in [-0.39, 0.29) is 11.7 Å². The normalized spacial score (nSPS) is 13.0. The molecule has 0 amide bonds. The third kappa shape index (κ3) is 2.30. The van der Waals surface area contributed by atoms with Crippen molar-refractivity contribution in [1.82, 2.24) is 0 Å². The lowest BCUT2D eigenvalue weighted by Gasteiger charge is -2.09. The average Bonchev–Trinajstić information content (AvgIpc) is 2.08. The minimum Gasteiger partial charge on any atom is -0.207 e. The van der Waals surface area contributed by atoms with Gasteiger partial charge in [-0.05, 0) is 29.7 Å². The van der Waals surface area contributed by atoms with Gasteiger partial charge in [0, 0.05) is 9.80 Å². The third-order valence-electron chi connectivity index (χ3n) is 1.72. The van der Waals surface area contributed by atoms with Crippen LogP contribution in [0.15, 0.2) is 22.7 Å². The fourth-order valence-corrected chi connectivity index (χ4v) is 1.70. The number of alkyl halides is 1. The van der Waals surface area contributed by atoms with E-state index in [1.807, 2.05) is 13.0 Å². The Bertz CT molecular complexity index is 273. The smallest absolute Gasteiger partial charge is 0.126 e. The summed E-state index contributed by atoms with van der Waals surface area (Å²) < 4.78 is 14.1. The highest BCUT2D eigenvalue weighted by molar-refractivity contribution is 9.10. The maximum Gasteiger partial charge on any atom is 0.126 e. The number of hydrogen-bond acceptors (Lipinski definition) is 0. The summed E-state index contributed by atoms with van der Waals surface area (Å²) >= 11 is 6.64. The molecule has 0 radical (unpaired) electrons. The molecule has 0 nitrogen and oxygen atoms in total. The topological polar surface area (TPSA) is 0 Å². The van der Waals surface area contributed by atoms with Crippen LogP contribution in [0.3, 0.4) is 0 Å². The first-order valence-corrected chi connectivity index (χ1v) is 5.57. The van der Waals surface area contributed by atoms with E-state index in [9.17, 15) is 4.39 Å². The van der Waals surface area contributed by atoms with E-state index in [0.717, 1.165) is 15.4 Å². The van der Waals surface area contributed by atoms with Crippen molar-refractivity contribution in [3.05, 3.63) is 34.1 Å². The summed E-state index contributed by atoms with van der Waals surface area (Å²) in [6, 6.07) is 5.01. The van der Waals surface area contributed by atoms with E-state index in [1.165, 1.54) is 6.07 Å². The molecule has 0 heterocycles. The summed E-state index contributed by atoms with van der Waals surface area (Å²) in [5, 5.41) is 0.778. The first-order valence-electron chi connectivity index (χ1n) is 3.66. The van der Waals surface area contributed by atoms with Crippen LogP contribution >= 0.6 is 31.9 Å². The van der Waals surface area contributed by atoms with Gasteiger partial charge in [-0.25, -0.2) is 4.39 Å². The zero-order valence-corrected chi connectivity index (χ0v) is 9.82. The van der Waals surface area contributed by atoms with Crippen LogP contribution in [0.25, 0.3) is 0 Å². The summed E-state index contributed by atoms with van der Waals surface area (Å²) in [5.74, 6) is 0.0765. The SMILES string of the molecule is CC(CBr)c1cc(Br)ccc1F. The van der Waals surface area contributed by atoms with E-state index in [1.54, 1.807) is 6.07 Å². The molecule has 1 aromatic rings. The highest BCUT2D eigenvalue weighted by Gasteiger charge is 2.09. The molecular weight excluding hydrogens is 287 g/mol. The van der Waals surface area contributed by atoms with Gasteiger partial charge in [0.05, 0.1) is 0 Å². The molecule has 3 heteroatoms. The van der Waals surface area contributed by atoms with E-state index in [4.69, 9.17) is 0 Å². The van der Waals surface area contributed by atoms with Crippen molar-refractivity contribution in [2.75, 3.05) is 5.33 Å². The van der Waals surface area contributed by atoms with Crippen LogP contribution in [0.4, 0.5) is 4.39 Å². The predicted molar refractivity (Wildman–Crippen MR) is 56.3 cm³/mol. The maximum absolute atomic E-state index is 13.2. The molecule has 1 atom stereocenters. The highest BCUT2D eigenvalue weighted by Crippen LogP contribution is 2.24. The van der Waals surface area contributed by atoms with Gasteiger partial charge in [0.15, 0.2) is 0 Å². The molecule has 1 unspecified atom stereocenters. The first kappa shape index (κ1) is 10.2. The minimum absolute atomic E-state index is 0.134. The molecule has 0 saturated heterocycles. The fraction of sp³-hybridized carbons (Fsp3) is 0.333. The largest absolute Gasteiger partial charge is 0.207 e. The van der Waals surface area contributed by atoms with Gasteiger partial charge in [-0.1, -0.05) is 38.8 Å². The Morgan fingerprint density at radius 2 is 2.17 bits per heavy atom. The molecule has 0 spiro atoms. The van der Waals surface area contributed by atoms with E-state index in [2.05, 4.69) is 31.9 Å². The van der Waals surface area contributed by atoms with Crippen LogP contribution in [0.1, 0.15) is 18.4 Å². The molecule has 1 aromatic carbocycles. The van der Waals surface area contributed by atoms with Crippen molar-refractivity contribution in [1.29, 1.82) is 0 Å². The standard InChI is InChI=1S/C9H9Br2F/c1-6(5-10)8-4-7(11)2-3-9(8)12/h2-4,6H,5H2,1H3. The minimum atomic E-state index is -0.134. The molecule has 0 aliphatic heterocycles. The van der Waals surface area contributed by atoms with Gasteiger partial charge in [0.25, 0.3) is 0 Å². The number of benzene rings is 1.